The largest absolute Gasteiger partial charge is 0.368 e. The number of rotatable bonds is 4. The van der Waals surface area contributed by atoms with Crippen molar-refractivity contribution in [3.63, 3.8) is 0 Å². The molecule has 1 aliphatic heterocycles. The number of benzene rings is 1. The lowest BCUT2D eigenvalue weighted by atomic mass is 9.91. The first kappa shape index (κ1) is 15.3. The van der Waals surface area contributed by atoms with E-state index in [0.29, 0.717) is 24.5 Å². The maximum atomic E-state index is 14.2. The van der Waals surface area contributed by atoms with Gasteiger partial charge in [0, 0.05) is 36.4 Å². The Balaban J connectivity index is 2.28. The van der Waals surface area contributed by atoms with Gasteiger partial charge in [-0.1, -0.05) is 26.8 Å². The normalized spacial score (nSPS) is 23.4. The second-order valence-electron chi connectivity index (χ2n) is 6.33. The standard InChI is InChI=1S/C17H27FN2/c1-12(2)19-11-15-16(18)8-5-9-17(15)20-10-6-7-13(3)14(20)4/h5,8-9,12-14,19H,6-7,10-11H2,1-4H3. The minimum atomic E-state index is -0.0962. The first-order valence-corrected chi connectivity index (χ1v) is 7.78. The smallest absolute Gasteiger partial charge is 0.129 e. The van der Waals surface area contributed by atoms with Gasteiger partial charge < -0.3 is 10.2 Å². The van der Waals surface area contributed by atoms with Crippen LogP contribution >= 0.6 is 0 Å². The summed E-state index contributed by atoms with van der Waals surface area (Å²) < 4.78 is 14.2. The first-order chi connectivity index (χ1) is 9.50. The van der Waals surface area contributed by atoms with Gasteiger partial charge in [0.1, 0.15) is 5.82 Å². The van der Waals surface area contributed by atoms with Crippen molar-refractivity contribution in [3.05, 3.63) is 29.6 Å². The van der Waals surface area contributed by atoms with Gasteiger partial charge in [-0.3, -0.25) is 0 Å². The highest BCUT2D eigenvalue weighted by molar-refractivity contribution is 5.55. The predicted octanol–water partition coefficient (Wildman–Crippen LogP) is 3.95. The molecule has 0 aromatic heterocycles. The summed E-state index contributed by atoms with van der Waals surface area (Å²) in [5.41, 5.74) is 1.87. The quantitative estimate of drug-likeness (QED) is 0.897. The maximum absolute atomic E-state index is 14.2. The lowest BCUT2D eigenvalue weighted by Crippen LogP contribution is -2.43. The SMILES string of the molecule is CC(C)NCc1c(F)cccc1N1CCCC(C)C1C. The van der Waals surface area contributed by atoms with E-state index in [1.165, 1.54) is 12.8 Å². The number of nitrogens with one attached hydrogen (secondary N) is 1. The zero-order valence-corrected chi connectivity index (χ0v) is 13.1. The molecule has 2 rings (SSSR count). The van der Waals surface area contributed by atoms with E-state index in [0.717, 1.165) is 17.8 Å². The Kier molecular flexibility index (Phi) is 5.03. The Morgan fingerprint density at radius 3 is 2.80 bits per heavy atom. The van der Waals surface area contributed by atoms with E-state index in [1.54, 1.807) is 6.07 Å². The predicted molar refractivity (Wildman–Crippen MR) is 83.6 cm³/mol. The van der Waals surface area contributed by atoms with Crippen LogP contribution in [-0.4, -0.2) is 18.6 Å². The molecule has 1 heterocycles. The molecule has 0 radical (unpaired) electrons. The molecule has 0 amide bonds. The molecular weight excluding hydrogens is 251 g/mol. The van der Waals surface area contributed by atoms with Crippen molar-refractivity contribution in [2.75, 3.05) is 11.4 Å². The van der Waals surface area contributed by atoms with Crippen molar-refractivity contribution in [1.29, 1.82) is 0 Å². The lowest BCUT2D eigenvalue weighted by Gasteiger charge is -2.40. The van der Waals surface area contributed by atoms with Gasteiger partial charge in [0.25, 0.3) is 0 Å². The molecule has 1 aromatic carbocycles. The minimum Gasteiger partial charge on any atom is -0.368 e. The van der Waals surface area contributed by atoms with Gasteiger partial charge in [0.15, 0.2) is 0 Å². The van der Waals surface area contributed by atoms with Gasteiger partial charge in [0.2, 0.25) is 0 Å². The maximum Gasteiger partial charge on any atom is 0.129 e. The van der Waals surface area contributed by atoms with E-state index in [1.807, 2.05) is 6.07 Å². The van der Waals surface area contributed by atoms with Crippen molar-refractivity contribution in [2.45, 2.75) is 59.2 Å². The number of halogens is 1. The van der Waals surface area contributed by atoms with Crippen molar-refractivity contribution in [1.82, 2.24) is 5.32 Å². The summed E-state index contributed by atoms with van der Waals surface area (Å²) in [6, 6.07) is 6.30. The summed E-state index contributed by atoms with van der Waals surface area (Å²) >= 11 is 0. The molecule has 2 nitrogen and oxygen atoms in total. The molecule has 1 aliphatic rings. The Morgan fingerprint density at radius 1 is 1.35 bits per heavy atom. The molecule has 112 valence electrons. The van der Waals surface area contributed by atoms with Crippen molar-refractivity contribution < 1.29 is 4.39 Å². The van der Waals surface area contributed by atoms with Crippen molar-refractivity contribution >= 4 is 5.69 Å². The fraction of sp³-hybridized carbons (Fsp3) is 0.647. The second kappa shape index (κ2) is 6.57. The molecule has 2 atom stereocenters. The fourth-order valence-corrected chi connectivity index (χ4v) is 2.97. The molecule has 2 unspecified atom stereocenters. The molecular formula is C17H27FN2. The molecule has 1 aromatic rings. The third-order valence-electron chi connectivity index (χ3n) is 4.46. The number of nitrogens with zero attached hydrogens (tertiary/aromatic N) is 1. The highest BCUT2D eigenvalue weighted by Gasteiger charge is 2.27. The Labute approximate surface area is 122 Å². The second-order valence-corrected chi connectivity index (χ2v) is 6.33. The third-order valence-corrected chi connectivity index (χ3v) is 4.46. The van der Waals surface area contributed by atoms with Crippen LogP contribution in [0.2, 0.25) is 0 Å². The molecule has 1 saturated heterocycles. The topological polar surface area (TPSA) is 15.3 Å². The van der Waals surface area contributed by atoms with Crippen LogP contribution in [0.15, 0.2) is 18.2 Å². The minimum absolute atomic E-state index is 0.0962. The van der Waals surface area contributed by atoms with Gasteiger partial charge in [0.05, 0.1) is 0 Å². The van der Waals surface area contributed by atoms with Crippen LogP contribution in [0.25, 0.3) is 0 Å². The van der Waals surface area contributed by atoms with Crippen LogP contribution in [0, 0.1) is 11.7 Å². The number of hydrogen-bond donors (Lipinski definition) is 1. The summed E-state index contributed by atoms with van der Waals surface area (Å²) in [6.45, 7) is 10.4. The molecule has 0 spiro atoms. The summed E-state index contributed by atoms with van der Waals surface area (Å²) in [6.07, 6.45) is 2.46. The molecule has 0 bridgehead atoms. The molecule has 3 heteroatoms. The van der Waals surface area contributed by atoms with Crippen LogP contribution in [-0.2, 0) is 6.54 Å². The van der Waals surface area contributed by atoms with E-state index in [2.05, 4.69) is 44.0 Å². The highest BCUT2D eigenvalue weighted by Crippen LogP contribution is 2.31. The van der Waals surface area contributed by atoms with Gasteiger partial charge >= 0.3 is 0 Å². The monoisotopic (exact) mass is 278 g/mol. The Bertz CT molecular complexity index is 445. The average Bonchev–Trinajstić information content (AvgIpc) is 2.40. The van der Waals surface area contributed by atoms with Crippen LogP contribution in [0.3, 0.4) is 0 Å². The summed E-state index contributed by atoms with van der Waals surface area (Å²) in [7, 11) is 0. The number of anilines is 1. The zero-order valence-electron chi connectivity index (χ0n) is 13.1. The molecule has 0 aliphatic carbocycles. The third kappa shape index (κ3) is 3.32. The first-order valence-electron chi connectivity index (χ1n) is 7.78. The number of hydrogen-bond acceptors (Lipinski definition) is 2. The molecule has 0 saturated carbocycles. The van der Waals surface area contributed by atoms with Crippen LogP contribution < -0.4 is 10.2 Å². The van der Waals surface area contributed by atoms with Gasteiger partial charge in [-0.15, -0.1) is 0 Å². The van der Waals surface area contributed by atoms with Gasteiger partial charge in [-0.25, -0.2) is 4.39 Å². The summed E-state index contributed by atoms with van der Waals surface area (Å²) in [4.78, 5) is 2.38. The van der Waals surface area contributed by atoms with Crippen LogP contribution in [0.5, 0.6) is 0 Å². The van der Waals surface area contributed by atoms with Crippen molar-refractivity contribution in [2.24, 2.45) is 5.92 Å². The van der Waals surface area contributed by atoms with E-state index in [9.17, 15) is 4.39 Å². The molecule has 20 heavy (non-hydrogen) atoms. The van der Waals surface area contributed by atoms with Crippen LogP contribution in [0.1, 0.15) is 46.1 Å². The van der Waals surface area contributed by atoms with Crippen molar-refractivity contribution in [3.8, 4) is 0 Å². The molecule has 1 N–H and O–H groups in total. The van der Waals surface area contributed by atoms with E-state index in [4.69, 9.17) is 0 Å². The van der Waals surface area contributed by atoms with Crippen LogP contribution in [0.4, 0.5) is 10.1 Å². The summed E-state index contributed by atoms with van der Waals surface area (Å²) in [5.74, 6) is 0.569. The summed E-state index contributed by atoms with van der Waals surface area (Å²) in [5, 5.41) is 3.34. The van der Waals surface area contributed by atoms with Gasteiger partial charge in [-0.2, -0.15) is 0 Å². The van der Waals surface area contributed by atoms with E-state index in [-0.39, 0.29) is 5.82 Å². The van der Waals surface area contributed by atoms with E-state index >= 15 is 0 Å². The number of piperidine rings is 1. The molecule has 1 fully saturated rings. The average molecular weight is 278 g/mol. The Morgan fingerprint density at radius 2 is 2.10 bits per heavy atom. The van der Waals surface area contributed by atoms with Gasteiger partial charge in [-0.05, 0) is 37.8 Å². The lowest BCUT2D eigenvalue weighted by molar-refractivity contribution is 0.362. The Hall–Kier alpha value is -1.09. The van der Waals surface area contributed by atoms with E-state index < -0.39 is 0 Å². The highest BCUT2D eigenvalue weighted by atomic mass is 19.1. The fourth-order valence-electron chi connectivity index (χ4n) is 2.97. The zero-order chi connectivity index (χ0) is 14.7.